The molecular formula is C9H17F3NO6P. The van der Waals surface area contributed by atoms with E-state index < -0.39 is 32.6 Å². The van der Waals surface area contributed by atoms with E-state index in [1.807, 2.05) is 0 Å². The lowest BCUT2D eigenvalue weighted by Crippen LogP contribution is -2.36. The Morgan fingerprint density at radius 1 is 1.30 bits per heavy atom. The van der Waals surface area contributed by atoms with Gasteiger partial charge in [-0.15, -0.1) is 0 Å². The van der Waals surface area contributed by atoms with Crippen molar-refractivity contribution >= 4 is 13.9 Å². The summed E-state index contributed by atoms with van der Waals surface area (Å²) in [5, 5.41) is 2.10. The maximum absolute atomic E-state index is 12.7. The van der Waals surface area contributed by atoms with Crippen LogP contribution in [0.4, 0.5) is 18.0 Å². The van der Waals surface area contributed by atoms with Crippen molar-refractivity contribution in [3.05, 3.63) is 0 Å². The topological polar surface area (TPSA) is 83.1 Å². The molecule has 0 fully saturated rings. The molecule has 20 heavy (non-hydrogen) atoms. The number of alkyl halides is 3. The van der Waals surface area contributed by atoms with Crippen LogP contribution in [0.25, 0.3) is 0 Å². The maximum atomic E-state index is 12.7. The third-order valence-corrected chi connectivity index (χ3v) is 3.43. The van der Waals surface area contributed by atoms with E-state index in [1.54, 1.807) is 6.92 Å². The van der Waals surface area contributed by atoms with Crippen molar-refractivity contribution in [2.45, 2.75) is 25.6 Å². The highest BCUT2D eigenvalue weighted by Crippen LogP contribution is 2.51. The molecule has 0 saturated heterocycles. The molecule has 0 aliphatic heterocycles. The highest BCUT2D eigenvalue weighted by atomic mass is 31.2. The number of alkyl carbamates (subject to hydrolysis) is 1. The quantitative estimate of drug-likeness (QED) is 0.691. The number of hydrogen-bond donors (Lipinski definition) is 1. The van der Waals surface area contributed by atoms with Crippen molar-refractivity contribution in [3.8, 4) is 0 Å². The molecule has 0 aliphatic rings. The van der Waals surface area contributed by atoms with E-state index in [0.29, 0.717) is 0 Å². The highest BCUT2D eigenvalue weighted by Gasteiger charge is 2.45. The second-order valence-electron chi connectivity index (χ2n) is 3.38. The van der Waals surface area contributed by atoms with Gasteiger partial charge in [-0.3, -0.25) is 13.6 Å². The zero-order valence-corrected chi connectivity index (χ0v) is 12.1. The van der Waals surface area contributed by atoms with Crippen molar-refractivity contribution in [3.63, 3.8) is 0 Å². The third-order valence-electron chi connectivity index (χ3n) is 2.02. The van der Waals surface area contributed by atoms with E-state index in [0.717, 1.165) is 14.2 Å². The summed E-state index contributed by atoms with van der Waals surface area (Å²) in [5.41, 5.74) is 0. The molecule has 0 spiro atoms. The van der Waals surface area contributed by atoms with Gasteiger partial charge in [-0.05, 0) is 6.92 Å². The highest BCUT2D eigenvalue weighted by molar-refractivity contribution is 7.48. The zero-order valence-electron chi connectivity index (χ0n) is 11.2. The minimum Gasteiger partial charge on any atom is -0.450 e. The first-order chi connectivity index (χ1) is 9.18. The summed E-state index contributed by atoms with van der Waals surface area (Å²) >= 11 is 0. The van der Waals surface area contributed by atoms with Gasteiger partial charge in [0.1, 0.15) is 0 Å². The number of nitrogens with one attached hydrogen (secondary N) is 1. The molecule has 0 bridgehead atoms. The lowest BCUT2D eigenvalue weighted by Gasteiger charge is -2.23. The Morgan fingerprint density at radius 3 is 2.25 bits per heavy atom. The molecule has 1 amide bonds. The fourth-order valence-corrected chi connectivity index (χ4v) is 1.94. The largest absolute Gasteiger partial charge is 0.474 e. The van der Waals surface area contributed by atoms with E-state index in [9.17, 15) is 22.5 Å². The van der Waals surface area contributed by atoms with Crippen LogP contribution in [0.5, 0.6) is 0 Å². The fraction of sp³-hybridized carbons (Fsp3) is 0.889. The summed E-state index contributed by atoms with van der Waals surface area (Å²) in [6.07, 6.45) is -8.72. The van der Waals surface area contributed by atoms with Crippen molar-refractivity contribution in [2.75, 3.05) is 27.4 Å². The second-order valence-corrected chi connectivity index (χ2v) is 5.22. The van der Waals surface area contributed by atoms with Gasteiger partial charge in [0.2, 0.25) is 0 Å². The molecule has 1 unspecified atom stereocenters. The normalized spacial score (nSPS) is 13.9. The lowest BCUT2D eigenvalue weighted by atomic mass is 10.2. The van der Waals surface area contributed by atoms with Gasteiger partial charge >= 0.3 is 20.1 Å². The van der Waals surface area contributed by atoms with Crippen LogP contribution in [0.2, 0.25) is 0 Å². The van der Waals surface area contributed by atoms with Gasteiger partial charge in [-0.2, -0.15) is 13.2 Å². The monoisotopic (exact) mass is 323 g/mol. The SMILES string of the molecule is CCOC(=O)NCCC(OP(=O)(OC)OC)C(F)(F)F. The first-order valence-corrected chi connectivity index (χ1v) is 7.01. The van der Waals surface area contributed by atoms with Crippen molar-refractivity contribution in [1.29, 1.82) is 0 Å². The molecule has 1 atom stereocenters. The summed E-state index contributed by atoms with van der Waals surface area (Å²) in [6.45, 7) is 1.26. The first-order valence-electron chi connectivity index (χ1n) is 5.55. The average Bonchev–Trinajstić information content (AvgIpc) is 2.36. The summed E-state index contributed by atoms with van der Waals surface area (Å²) < 4.78 is 67.0. The summed E-state index contributed by atoms with van der Waals surface area (Å²) in [7, 11) is -2.48. The number of carbonyl (C=O) groups excluding carboxylic acids is 1. The molecule has 0 rings (SSSR count). The van der Waals surface area contributed by atoms with Crippen LogP contribution in [0, 0.1) is 0 Å². The van der Waals surface area contributed by atoms with Crippen LogP contribution in [0.3, 0.4) is 0 Å². The number of amides is 1. The summed E-state index contributed by atoms with van der Waals surface area (Å²) in [4.78, 5) is 10.9. The Hall–Kier alpha value is -0.830. The van der Waals surface area contributed by atoms with Gasteiger partial charge < -0.3 is 10.1 Å². The number of phosphoric ester groups is 1. The van der Waals surface area contributed by atoms with E-state index in [2.05, 4.69) is 23.6 Å². The van der Waals surface area contributed by atoms with Crippen LogP contribution in [0.1, 0.15) is 13.3 Å². The van der Waals surface area contributed by atoms with E-state index in [1.165, 1.54) is 0 Å². The molecular weight excluding hydrogens is 306 g/mol. The number of halogens is 3. The standard InChI is InChI=1S/C9H17F3NO6P/c1-4-18-8(14)13-6-5-7(9(10,11)12)19-20(15,16-2)17-3/h7H,4-6H2,1-3H3,(H,13,14). The van der Waals surface area contributed by atoms with E-state index in [-0.39, 0.29) is 13.2 Å². The average molecular weight is 323 g/mol. The van der Waals surface area contributed by atoms with Crippen molar-refractivity contribution in [1.82, 2.24) is 5.32 Å². The molecule has 11 heteroatoms. The molecule has 0 aromatic heterocycles. The smallest absolute Gasteiger partial charge is 0.450 e. The van der Waals surface area contributed by atoms with E-state index >= 15 is 0 Å². The van der Waals surface area contributed by atoms with Gasteiger partial charge in [-0.25, -0.2) is 9.36 Å². The Kier molecular flexibility index (Phi) is 8.10. The lowest BCUT2D eigenvalue weighted by molar-refractivity contribution is -0.201. The summed E-state index contributed by atoms with van der Waals surface area (Å²) in [6, 6.07) is 0. The molecule has 0 radical (unpaired) electrons. The molecule has 0 heterocycles. The molecule has 120 valence electrons. The predicted molar refractivity (Wildman–Crippen MR) is 62.2 cm³/mol. The number of phosphoric acid groups is 1. The van der Waals surface area contributed by atoms with Gasteiger partial charge in [0.15, 0.2) is 6.10 Å². The van der Waals surface area contributed by atoms with Crippen LogP contribution < -0.4 is 5.32 Å². The number of ether oxygens (including phenoxy) is 1. The van der Waals surface area contributed by atoms with Gasteiger partial charge in [0, 0.05) is 27.2 Å². The number of carbonyl (C=O) groups is 1. The molecule has 0 aromatic rings. The van der Waals surface area contributed by atoms with Crippen LogP contribution >= 0.6 is 7.82 Å². The van der Waals surface area contributed by atoms with E-state index in [4.69, 9.17) is 0 Å². The molecule has 0 aliphatic carbocycles. The van der Waals surface area contributed by atoms with Gasteiger partial charge in [0.05, 0.1) is 6.61 Å². The van der Waals surface area contributed by atoms with Crippen molar-refractivity contribution < 1.29 is 40.8 Å². The molecule has 1 N–H and O–H groups in total. The van der Waals surface area contributed by atoms with Crippen LogP contribution in [0.15, 0.2) is 0 Å². The molecule has 0 saturated carbocycles. The predicted octanol–water partition coefficient (Wildman–Crippen LogP) is 2.47. The van der Waals surface area contributed by atoms with Crippen LogP contribution in [-0.4, -0.2) is 45.7 Å². The minimum atomic E-state index is -4.79. The zero-order chi connectivity index (χ0) is 15.8. The van der Waals surface area contributed by atoms with Crippen LogP contribution in [-0.2, 0) is 22.9 Å². The fourth-order valence-electron chi connectivity index (χ4n) is 1.08. The Balaban J connectivity index is 4.53. The Labute approximate surface area is 114 Å². The first kappa shape index (κ1) is 19.2. The maximum Gasteiger partial charge on any atom is 0.474 e. The molecule has 0 aromatic carbocycles. The summed E-state index contributed by atoms with van der Waals surface area (Å²) in [5.74, 6) is 0. The number of rotatable bonds is 8. The molecule has 7 nitrogen and oxygen atoms in total. The van der Waals surface area contributed by atoms with Gasteiger partial charge in [0.25, 0.3) is 0 Å². The Morgan fingerprint density at radius 2 is 1.85 bits per heavy atom. The minimum absolute atomic E-state index is 0.0909. The third kappa shape index (κ3) is 7.09. The van der Waals surface area contributed by atoms with Crippen molar-refractivity contribution in [2.24, 2.45) is 0 Å². The second kappa shape index (κ2) is 8.46. The number of hydrogen-bond acceptors (Lipinski definition) is 6. The Bertz CT molecular complexity index is 343. The van der Waals surface area contributed by atoms with Gasteiger partial charge in [-0.1, -0.05) is 0 Å².